The third-order valence-corrected chi connectivity index (χ3v) is 6.06. The molecule has 172 valence electrons. The molecule has 0 bridgehead atoms. The first-order valence-corrected chi connectivity index (χ1v) is 11.3. The van der Waals surface area contributed by atoms with E-state index in [1.54, 1.807) is 12.1 Å². The van der Waals surface area contributed by atoms with Gasteiger partial charge >= 0.3 is 0 Å². The van der Waals surface area contributed by atoms with Crippen LogP contribution in [-0.4, -0.2) is 77.6 Å². The van der Waals surface area contributed by atoms with Crippen molar-refractivity contribution in [3.63, 3.8) is 0 Å². The second-order valence-electron chi connectivity index (χ2n) is 7.32. The summed E-state index contributed by atoms with van der Waals surface area (Å²) in [6.45, 7) is 1.86. The number of hydrogen-bond donors (Lipinski definition) is 3. The van der Waals surface area contributed by atoms with Gasteiger partial charge in [0, 0.05) is 12.2 Å². The summed E-state index contributed by atoms with van der Waals surface area (Å²) in [5.41, 5.74) is 1.47. The molecule has 1 fully saturated rings. The SMILES string of the molecule is CCCSc1nc(OCCc2ccc(F)cc2)c2nnn([C@@H]3O[C@H](CO)[C@@H](O)[C@H]3O)c2n1. The van der Waals surface area contributed by atoms with Gasteiger partial charge in [-0.25, -0.2) is 9.37 Å². The second-order valence-corrected chi connectivity index (χ2v) is 8.38. The Kier molecular flexibility index (Phi) is 7.16. The molecule has 0 spiro atoms. The highest BCUT2D eigenvalue weighted by Gasteiger charge is 2.44. The fraction of sp³-hybridized carbons (Fsp3) is 0.500. The molecule has 12 heteroatoms. The van der Waals surface area contributed by atoms with Gasteiger partial charge in [-0.1, -0.05) is 36.0 Å². The van der Waals surface area contributed by atoms with Crippen LogP contribution >= 0.6 is 11.8 Å². The van der Waals surface area contributed by atoms with E-state index in [0.717, 1.165) is 17.7 Å². The summed E-state index contributed by atoms with van der Waals surface area (Å²) in [5, 5.41) is 38.4. The Bertz CT molecular complexity index is 1050. The van der Waals surface area contributed by atoms with E-state index in [1.807, 2.05) is 6.92 Å². The first-order valence-electron chi connectivity index (χ1n) is 10.3. The number of aromatic nitrogens is 5. The van der Waals surface area contributed by atoms with Gasteiger partial charge in [-0.15, -0.1) is 5.10 Å². The molecule has 0 saturated carbocycles. The van der Waals surface area contributed by atoms with Crippen molar-refractivity contribution in [2.45, 2.75) is 49.5 Å². The van der Waals surface area contributed by atoms with E-state index in [2.05, 4.69) is 20.3 Å². The number of nitrogens with zero attached hydrogens (tertiary/aromatic N) is 5. The van der Waals surface area contributed by atoms with Gasteiger partial charge in [0.15, 0.2) is 22.5 Å². The normalized spacial score (nSPS) is 23.2. The van der Waals surface area contributed by atoms with Gasteiger partial charge in [0.05, 0.1) is 13.2 Å². The molecule has 0 radical (unpaired) electrons. The highest BCUT2D eigenvalue weighted by molar-refractivity contribution is 7.99. The lowest BCUT2D eigenvalue weighted by Crippen LogP contribution is -2.33. The molecule has 3 heterocycles. The van der Waals surface area contributed by atoms with Crippen molar-refractivity contribution in [1.82, 2.24) is 25.0 Å². The van der Waals surface area contributed by atoms with Crippen molar-refractivity contribution >= 4 is 22.9 Å². The molecular formula is C20H24FN5O5S. The number of fused-ring (bicyclic) bond motifs is 1. The van der Waals surface area contributed by atoms with E-state index in [1.165, 1.54) is 28.6 Å². The zero-order valence-electron chi connectivity index (χ0n) is 17.3. The molecule has 0 unspecified atom stereocenters. The first kappa shape index (κ1) is 22.8. The smallest absolute Gasteiger partial charge is 0.248 e. The number of aliphatic hydroxyl groups excluding tert-OH is 3. The summed E-state index contributed by atoms with van der Waals surface area (Å²) >= 11 is 1.44. The lowest BCUT2D eigenvalue weighted by molar-refractivity contribution is -0.0575. The van der Waals surface area contributed by atoms with E-state index < -0.39 is 31.1 Å². The fourth-order valence-electron chi connectivity index (χ4n) is 3.32. The lowest BCUT2D eigenvalue weighted by atomic mass is 10.1. The minimum absolute atomic E-state index is 0.230. The number of hydrogen-bond acceptors (Lipinski definition) is 10. The van der Waals surface area contributed by atoms with Crippen LogP contribution in [0.2, 0.25) is 0 Å². The van der Waals surface area contributed by atoms with Crippen molar-refractivity contribution in [2.24, 2.45) is 0 Å². The standard InChI is InChI=1S/C20H24FN5O5S/c1-2-9-32-20-22-17-14(18(23-20)30-8-7-11-3-5-12(21)6-4-11)24-25-26(17)19-16(29)15(28)13(10-27)31-19/h3-6,13,15-16,19,27-29H,2,7-10H2,1H3/t13-,15-,16-,19-/m1/s1. The van der Waals surface area contributed by atoms with Gasteiger partial charge in [-0.05, 0) is 24.1 Å². The second kappa shape index (κ2) is 10.0. The molecule has 1 saturated heterocycles. The minimum Gasteiger partial charge on any atom is -0.476 e. The Morgan fingerprint density at radius 2 is 1.97 bits per heavy atom. The number of thioether (sulfide) groups is 1. The Morgan fingerprint density at radius 1 is 1.19 bits per heavy atom. The zero-order chi connectivity index (χ0) is 22.7. The summed E-state index contributed by atoms with van der Waals surface area (Å²) < 4.78 is 25.8. The van der Waals surface area contributed by atoms with Gasteiger partial charge in [-0.2, -0.15) is 9.67 Å². The number of halogens is 1. The van der Waals surface area contributed by atoms with Crippen LogP contribution in [0.15, 0.2) is 29.4 Å². The van der Waals surface area contributed by atoms with E-state index >= 15 is 0 Å². The number of aliphatic hydroxyl groups is 3. The average Bonchev–Trinajstić information content (AvgIpc) is 3.34. The van der Waals surface area contributed by atoms with Crippen LogP contribution in [0.5, 0.6) is 5.88 Å². The molecule has 1 aliphatic rings. The molecule has 0 amide bonds. The molecule has 10 nitrogen and oxygen atoms in total. The van der Waals surface area contributed by atoms with Crippen LogP contribution in [-0.2, 0) is 11.2 Å². The molecule has 32 heavy (non-hydrogen) atoms. The molecule has 1 aliphatic heterocycles. The van der Waals surface area contributed by atoms with Crippen LogP contribution < -0.4 is 4.74 Å². The minimum atomic E-state index is -1.32. The molecule has 2 aromatic heterocycles. The van der Waals surface area contributed by atoms with Gasteiger partial charge in [0.1, 0.15) is 24.1 Å². The van der Waals surface area contributed by atoms with Gasteiger partial charge in [-0.3, -0.25) is 0 Å². The maximum Gasteiger partial charge on any atom is 0.248 e. The van der Waals surface area contributed by atoms with Crippen LogP contribution in [0, 0.1) is 5.82 Å². The van der Waals surface area contributed by atoms with E-state index in [9.17, 15) is 19.7 Å². The van der Waals surface area contributed by atoms with Gasteiger partial charge in [0.25, 0.3) is 0 Å². The summed E-state index contributed by atoms with van der Waals surface area (Å²) in [6, 6.07) is 6.16. The molecule has 4 atom stereocenters. The van der Waals surface area contributed by atoms with Crippen molar-refractivity contribution in [2.75, 3.05) is 19.0 Å². The van der Waals surface area contributed by atoms with E-state index in [0.29, 0.717) is 11.6 Å². The van der Waals surface area contributed by atoms with Crippen molar-refractivity contribution in [1.29, 1.82) is 0 Å². The summed E-state index contributed by atoms with van der Waals surface area (Å²) in [6.07, 6.45) is -3.16. The summed E-state index contributed by atoms with van der Waals surface area (Å²) in [4.78, 5) is 8.95. The molecule has 0 aliphatic carbocycles. The summed E-state index contributed by atoms with van der Waals surface area (Å²) in [7, 11) is 0. The molecule has 4 rings (SSSR count). The van der Waals surface area contributed by atoms with Crippen LogP contribution in [0.1, 0.15) is 25.1 Å². The Labute approximate surface area is 187 Å². The fourth-order valence-corrected chi connectivity index (χ4v) is 4.00. The molecule has 3 N–H and O–H groups in total. The largest absolute Gasteiger partial charge is 0.476 e. The predicted octanol–water partition coefficient (Wildman–Crippen LogP) is 1.10. The topological polar surface area (TPSA) is 136 Å². The quantitative estimate of drug-likeness (QED) is 0.311. The highest BCUT2D eigenvalue weighted by Crippen LogP contribution is 2.32. The maximum atomic E-state index is 13.1. The number of ether oxygens (including phenoxy) is 2. The van der Waals surface area contributed by atoms with Crippen molar-refractivity contribution < 1.29 is 29.2 Å². The van der Waals surface area contributed by atoms with Crippen LogP contribution in [0.3, 0.4) is 0 Å². The monoisotopic (exact) mass is 465 g/mol. The Balaban J connectivity index is 1.61. The lowest BCUT2D eigenvalue weighted by Gasteiger charge is -2.15. The van der Waals surface area contributed by atoms with Crippen LogP contribution in [0.25, 0.3) is 11.2 Å². The van der Waals surface area contributed by atoms with Crippen LogP contribution in [0.4, 0.5) is 4.39 Å². The number of benzene rings is 1. The number of rotatable bonds is 9. The molecule has 3 aromatic rings. The zero-order valence-corrected chi connectivity index (χ0v) is 18.2. The van der Waals surface area contributed by atoms with Gasteiger partial charge < -0.3 is 24.8 Å². The third-order valence-electron chi connectivity index (χ3n) is 5.01. The molecular weight excluding hydrogens is 441 g/mol. The highest BCUT2D eigenvalue weighted by atomic mass is 32.2. The van der Waals surface area contributed by atoms with E-state index in [4.69, 9.17) is 9.47 Å². The van der Waals surface area contributed by atoms with Gasteiger partial charge in [0.2, 0.25) is 5.88 Å². The van der Waals surface area contributed by atoms with Crippen molar-refractivity contribution in [3.8, 4) is 5.88 Å². The Morgan fingerprint density at radius 3 is 2.66 bits per heavy atom. The maximum absolute atomic E-state index is 13.1. The molecule has 1 aromatic carbocycles. The van der Waals surface area contributed by atoms with Crippen molar-refractivity contribution in [3.05, 3.63) is 35.6 Å². The Hall–Kier alpha value is -2.38. The third kappa shape index (κ3) is 4.69. The summed E-state index contributed by atoms with van der Waals surface area (Å²) in [5.74, 6) is 0.718. The predicted molar refractivity (Wildman–Crippen MR) is 113 cm³/mol. The first-order chi connectivity index (χ1) is 15.5. The van der Waals surface area contributed by atoms with E-state index in [-0.39, 0.29) is 29.5 Å². The average molecular weight is 466 g/mol.